The SMILES string of the molecule is COc1c(CCCNc2ncnc3[nH]cnc23)cc(Cl)c(C)c1-c1cncc(F)c1.O=C(O)C(F)(F)F.O=C(O)C(F)(F)F. The van der Waals surface area contributed by atoms with Crippen LogP contribution in [0.3, 0.4) is 0 Å². The summed E-state index contributed by atoms with van der Waals surface area (Å²) in [5, 5.41) is 18.1. The van der Waals surface area contributed by atoms with Crippen molar-refractivity contribution in [3.8, 4) is 16.9 Å². The highest BCUT2D eigenvalue weighted by Crippen LogP contribution is 2.40. The molecule has 0 aliphatic rings. The average molecular weight is 655 g/mol. The lowest BCUT2D eigenvalue weighted by Gasteiger charge is -2.18. The number of rotatable bonds is 7. The third-order valence-electron chi connectivity index (χ3n) is 5.37. The summed E-state index contributed by atoms with van der Waals surface area (Å²) in [5.41, 5.74) is 4.55. The van der Waals surface area contributed by atoms with Crippen molar-refractivity contribution in [1.29, 1.82) is 0 Å². The lowest BCUT2D eigenvalue weighted by atomic mass is 9.95. The number of nitrogens with zero attached hydrogens (tertiary/aromatic N) is 4. The van der Waals surface area contributed by atoms with Gasteiger partial charge in [-0.05, 0) is 43.0 Å². The number of anilines is 1. The molecule has 3 heterocycles. The number of benzene rings is 1. The fraction of sp³-hybridized carbons (Fsp3) is 0.280. The Hall–Kier alpha value is -4.74. The lowest BCUT2D eigenvalue weighted by molar-refractivity contribution is -0.193. The molecule has 0 fully saturated rings. The van der Waals surface area contributed by atoms with Gasteiger partial charge in [0.1, 0.15) is 23.4 Å². The minimum atomic E-state index is -5.08. The Morgan fingerprint density at radius 1 is 1.02 bits per heavy atom. The van der Waals surface area contributed by atoms with Gasteiger partial charge in [0.2, 0.25) is 0 Å². The summed E-state index contributed by atoms with van der Waals surface area (Å²) in [6.45, 7) is 2.56. The number of hydrogen-bond acceptors (Lipinski definition) is 8. The Morgan fingerprint density at radius 3 is 2.18 bits per heavy atom. The van der Waals surface area contributed by atoms with Crippen molar-refractivity contribution >= 4 is 40.5 Å². The number of nitrogens with one attached hydrogen (secondary N) is 2. The van der Waals surface area contributed by atoms with Crippen LogP contribution in [0.5, 0.6) is 5.75 Å². The maximum absolute atomic E-state index is 13.8. The van der Waals surface area contributed by atoms with E-state index in [0.717, 1.165) is 23.1 Å². The molecule has 0 amide bonds. The van der Waals surface area contributed by atoms with Gasteiger partial charge in [0.15, 0.2) is 11.5 Å². The molecule has 4 rings (SSSR count). The molecule has 4 aromatic rings. The zero-order valence-electron chi connectivity index (χ0n) is 22.5. The van der Waals surface area contributed by atoms with Crippen molar-refractivity contribution in [1.82, 2.24) is 24.9 Å². The third-order valence-corrected chi connectivity index (χ3v) is 5.76. The summed E-state index contributed by atoms with van der Waals surface area (Å²) < 4.78 is 82.9. The molecule has 19 heteroatoms. The Kier molecular flexibility index (Phi) is 12.2. The van der Waals surface area contributed by atoms with E-state index in [1.807, 2.05) is 13.0 Å². The Labute approximate surface area is 248 Å². The minimum absolute atomic E-state index is 0.408. The topological polar surface area (TPSA) is 163 Å². The number of alkyl halides is 6. The smallest absolute Gasteiger partial charge is 0.490 e. The molecule has 3 aromatic heterocycles. The molecule has 238 valence electrons. The van der Waals surface area contributed by atoms with Crippen molar-refractivity contribution < 1.29 is 55.3 Å². The number of ether oxygens (including phenoxy) is 1. The maximum atomic E-state index is 13.8. The predicted octanol–water partition coefficient (Wildman–Crippen LogP) is 5.84. The Balaban J connectivity index is 0.000000402. The molecule has 0 radical (unpaired) electrons. The summed E-state index contributed by atoms with van der Waals surface area (Å²) in [6, 6.07) is 3.34. The summed E-state index contributed by atoms with van der Waals surface area (Å²) in [4.78, 5) is 37.3. The van der Waals surface area contributed by atoms with E-state index in [9.17, 15) is 30.7 Å². The highest BCUT2D eigenvalue weighted by molar-refractivity contribution is 6.32. The van der Waals surface area contributed by atoms with E-state index < -0.39 is 30.1 Å². The van der Waals surface area contributed by atoms with E-state index in [4.69, 9.17) is 36.1 Å². The molecular weight excluding hydrogens is 633 g/mol. The first-order valence-electron chi connectivity index (χ1n) is 11.9. The number of fused-ring (bicyclic) bond motifs is 1. The van der Waals surface area contributed by atoms with E-state index >= 15 is 0 Å². The third kappa shape index (κ3) is 9.92. The fourth-order valence-corrected chi connectivity index (χ4v) is 3.70. The second-order valence-corrected chi connectivity index (χ2v) is 8.81. The van der Waals surface area contributed by atoms with Gasteiger partial charge in [0.25, 0.3) is 0 Å². The van der Waals surface area contributed by atoms with Crippen LogP contribution < -0.4 is 10.1 Å². The first-order valence-corrected chi connectivity index (χ1v) is 12.3. The zero-order valence-corrected chi connectivity index (χ0v) is 23.3. The number of hydrogen-bond donors (Lipinski definition) is 4. The number of imidazole rings is 1. The van der Waals surface area contributed by atoms with E-state index in [1.54, 1.807) is 19.6 Å². The predicted molar refractivity (Wildman–Crippen MR) is 142 cm³/mol. The van der Waals surface area contributed by atoms with E-state index in [1.165, 1.54) is 18.6 Å². The van der Waals surface area contributed by atoms with Crippen LogP contribution in [-0.2, 0) is 16.0 Å². The first kappa shape index (κ1) is 35.5. The molecule has 1 aromatic carbocycles. The fourth-order valence-electron chi connectivity index (χ4n) is 3.47. The number of aromatic amines is 1. The monoisotopic (exact) mass is 654 g/mol. The van der Waals surface area contributed by atoms with Gasteiger partial charge in [0, 0.05) is 28.9 Å². The van der Waals surface area contributed by atoms with E-state index in [2.05, 4.69) is 30.2 Å². The number of pyridine rings is 1. The van der Waals surface area contributed by atoms with Crippen molar-refractivity contribution in [2.75, 3.05) is 19.0 Å². The summed E-state index contributed by atoms with van der Waals surface area (Å²) in [6.07, 6.45) is -2.80. The van der Waals surface area contributed by atoms with Crippen LogP contribution in [0.2, 0.25) is 5.02 Å². The molecule has 0 aliphatic heterocycles. The molecular formula is C25H22ClF7N6O5. The van der Waals surface area contributed by atoms with Crippen molar-refractivity contribution in [3.63, 3.8) is 0 Å². The van der Waals surface area contributed by atoms with Crippen LogP contribution in [0.4, 0.5) is 36.6 Å². The second-order valence-electron chi connectivity index (χ2n) is 8.40. The van der Waals surface area contributed by atoms with Gasteiger partial charge in [-0.2, -0.15) is 26.3 Å². The van der Waals surface area contributed by atoms with Crippen LogP contribution in [0.1, 0.15) is 17.5 Å². The van der Waals surface area contributed by atoms with Gasteiger partial charge in [0.05, 0.1) is 19.6 Å². The van der Waals surface area contributed by atoms with E-state index in [-0.39, 0.29) is 0 Å². The number of carboxylic acid groups (broad SMARTS) is 2. The summed E-state index contributed by atoms with van der Waals surface area (Å²) in [7, 11) is 1.61. The molecule has 0 bridgehead atoms. The number of H-pyrrole nitrogens is 1. The molecule has 0 saturated carbocycles. The molecule has 0 saturated heterocycles. The van der Waals surface area contributed by atoms with Crippen LogP contribution in [0.15, 0.2) is 37.2 Å². The van der Waals surface area contributed by atoms with Crippen LogP contribution >= 0.6 is 11.6 Å². The number of aromatic nitrogens is 5. The zero-order chi connectivity index (χ0) is 33.2. The minimum Gasteiger partial charge on any atom is -0.496 e. The molecule has 44 heavy (non-hydrogen) atoms. The number of carbonyl (C=O) groups is 2. The largest absolute Gasteiger partial charge is 0.496 e. The highest BCUT2D eigenvalue weighted by atomic mass is 35.5. The molecule has 0 atom stereocenters. The number of aliphatic carboxylic acids is 2. The van der Waals surface area contributed by atoms with Crippen molar-refractivity contribution in [2.24, 2.45) is 0 Å². The number of carboxylic acids is 2. The average Bonchev–Trinajstić information content (AvgIpc) is 3.42. The number of aryl methyl sites for hydroxylation is 1. The van der Waals surface area contributed by atoms with Crippen LogP contribution in [0, 0.1) is 12.7 Å². The standard InChI is InChI=1S/C21H20ClFN6O.2C2HF3O2/c1-12-16(22)7-13(19(30-2)17(12)14-6-15(23)9-24-8-14)4-3-5-25-20-18-21(27-10-26-18)29-11-28-20;2*3-2(4,5)1(6)7/h6-11H,3-5H2,1-2H3,(H2,25,26,27,28,29);2*(H,6,7). The van der Waals surface area contributed by atoms with Gasteiger partial charge in [-0.15, -0.1) is 0 Å². The highest BCUT2D eigenvalue weighted by Gasteiger charge is 2.38. The quantitative estimate of drug-likeness (QED) is 0.141. The lowest BCUT2D eigenvalue weighted by Crippen LogP contribution is -2.21. The Bertz CT molecular complexity index is 1570. The van der Waals surface area contributed by atoms with Gasteiger partial charge in [-0.1, -0.05) is 11.6 Å². The maximum Gasteiger partial charge on any atom is 0.490 e. The molecule has 0 aliphatic carbocycles. The first-order chi connectivity index (χ1) is 20.5. The molecule has 0 spiro atoms. The van der Waals surface area contributed by atoms with Gasteiger partial charge in [-0.3, -0.25) is 4.98 Å². The molecule has 4 N–H and O–H groups in total. The molecule has 0 unspecified atom stereocenters. The summed E-state index contributed by atoms with van der Waals surface area (Å²) >= 11 is 6.49. The van der Waals surface area contributed by atoms with Gasteiger partial charge >= 0.3 is 24.3 Å². The number of methoxy groups -OCH3 is 1. The van der Waals surface area contributed by atoms with Gasteiger partial charge in [-0.25, -0.2) is 28.9 Å². The van der Waals surface area contributed by atoms with Crippen molar-refractivity contribution in [2.45, 2.75) is 32.1 Å². The van der Waals surface area contributed by atoms with Crippen LogP contribution in [0.25, 0.3) is 22.3 Å². The number of halogens is 8. The molecule has 11 nitrogen and oxygen atoms in total. The normalized spacial score (nSPS) is 11.1. The van der Waals surface area contributed by atoms with Crippen LogP contribution in [-0.4, -0.2) is 73.1 Å². The Morgan fingerprint density at radius 2 is 1.64 bits per heavy atom. The summed E-state index contributed by atoms with van der Waals surface area (Å²) in [5.74, 6) is -4.56. The van der Waals surface area contributed by atoms with E-state index in [0.29, 0.717) is 46.3 Å². The van der Waals surface area contributed by atoms with Gasteiger partial charge < -0.3 is 25.3 Å². The van der Waals surface area contributed by atoms with Crippen molar-refractivity contribution in [3.05, 3.63) is 59.1 Å². The second kappa shape index (κ2) is 15.1.